The SMILES string of the molecule is CN(CCN1CCN(C(=O)C2CCCCC2(C)N)CC1)Cc1ccccc1. The van der Waals surface area contributed by atoms with E-state index in [0.29, 0.717) is 5.91 Å². The van der Waals surface area contributed by atoms with Crippen LogP contribution in [0.3, 0.4) is 0 Å². The van der Waals surface area contributed by atoms with Crippen LogP contribution in [0.25, 0.3) is 0 Å². The second-order valence-electron chi connectivity index (χ2n) is 8.69. The zero-order valence-corrected chi connectivity index (χ0v) is 17.1. The zero-order chi connectivity index (χ0) is 19.3. The molecule has 0 spiro atoms. The third-order valence-corrected chi connectivity index (χ3v) is 6.33. The number of nitrogens with zero attached hydrogens (tertiary/aromatic N) is 3. The third-order valence-electron chi connectivity index (χ3n) is 6.33. The van der Waals surface area contributed by atoms with E-state index in [0.717, 1.165) is 71.5 Å². The fraction of sp³-hybridized carbons (Fsp3) is 0.682. The Morgan fingerprint density at radius 3 is 2.56 bits per heavy atom. The predicted molar refractivity (Wildman–Crippen MR) is 110 cm³/mol. The van der Waals surface area contributed by atoms with E-state index in [-0.39, 0.29) is 11.5 Å². The second-order valence-corrected chi connectivity index (χ2v) is 8.69. The van der Waals surface area contributed by atoms with Gasteiger partial charge in [-0.15, -0.1) is 0 Å². The van der Waals surface area contributed by atoms with Gasteiger partial charge in [0.15, 0.2) is 0 Å². The van der Waals surface area contributed by atoms with Gasteiger partial charge >= 0.3 is 0 Å². The highest BCUT2D eigenvalue weighted by atomic mass is 16.2. The van der Waals surface area contributed by atoms with Gasteiger partial charge in [0.05, 0.1) is 5.92 Å². The number of amides is 1. The molecule has 0 aromatic heterocycles. The predicted octanol–water partition coefficient (Wildman–Crippen LogP) is 2.17. The summed E-state index contributed by atoms with van der Waals surface area (Å²) in [6.07, 6.45) is 4.21. The van der Waals surface area contributed by atoms with Crippen molar-refractivity contribution in [2.75, 3.05) is 46.3 Å². The Balaban J connectivity index is 1.40. The second kappa shape index (κ2) is 9.18. The Kier molecular flexibility index (Phi) is 6.90. The van der Waals surface area contributed by atoms with Crippen molar-refractivity contribution in [3.8, 4) is 0 Å². The van der Waals surface area contributed by atoms with Crippen molar-refractivity contribution in [1.82, 2.24) is 14.7 Å². The molecule has 3 rings (SSSR count). The van der Waals surface area contributed by atoms with Gasteiger partial charge in [0.25, 0.3) is 0 Å². The molecule has 1 aromatic carbocycles. The van der Waals surface area contributed by atoms with Crippen LogP contribution in [0.15, 0.2) is 30.3 Å². The van der Waals surface area contributed by atoms with Gasteiger partial charge in [0.2, 0.25) is 5.91 Å². The monoisotopic (exact) mass is 372 g/mol. The van der Waals surface area contributed by atoms with Crippen LogP contribution in [0.5, 0.6) is 0 Å². The van der Waals surface area contributed by atoms with Crippen molar-refractivity contribution in [2.24, 2.45) is 11.7 Å². The summed E-state index contributed by atoms with van der Waals surface area (Å²) < 4.78 is 0. The van der Waals surface area contributed by atoms with E-state index in [2.05, 4.69) is 59.0 Å². The first-order valence-electron chi connectivity index (χ1n) is 10.5. The number of carbonyl (C=O) groups is 1. The lowest BCUT2D eigenvalue weighted by Gasteiger charge is -2.42. The number of rotatable bonds is 6. The minimum Gasteiger partial charge on any atom is -0.340 e. The van der Waals surface area contributed by atoms with Gasteiger partial charge in [-0.05, 0) is 32.4 Å². The molecule has 27 heavy (non-hydrogen) atoms. The molecule has 1 amide bonds. The van der Waals surface area contributed by atoms with Crippen LogP contribution in [0.4, 0.5) is 0 Å². The summed E-state index contributed by atoms with van der Waals surface area (Å²) in [4.78, 5) is 19.9. The first kappa shape index (κ1) is 20.3. The average molecular weight is 373 g/mol. The summed E-state index contributed by atoms with van der Waals surface area (Å²) >= 11 is 0. The summed E-state index contributed by atoms with van der Waals surface area (Å²) in [5.74, 6) is 0.301. The highest BCUT2D eigenvalue weighted by Gasteiger charge is 2.40. The van der Waals surface area contributed by atoms with Gasteiger partial charge in [-0.3, -0.25) is 9.69 Å². The molecule has 1 saturated carbocycles. The maximum atomic E-state index is 13.0. The van der Waals surface area contributed by atoms with Crippen LogP contribution in [0, 0.1) is 5.92 Å². The molecule has 5 heteroatoms. The number of piperazine rings is 1. The first-order valence-corrected chi connectivity index (χ1v) is 10.5. The van der Waals surface area contributed by atoms with E-state index in [9.17, 15) is 4.79 Å². The zero-order valence-electron chi connectivity index (χ0n) is 17.1. The van der Waals surface area contributed by atoms with E-state index in [1.54, 1.807) is 0 Å². The Morgan fingerprint density at radius 1 is 1.19 bits per heavy atom. The van der Waals surface area contributed by atoms with Gasteiger partial charge in [0, 0.05) is 51.4 Å². The van der Waals surface area contributed by atoms with Crippen LogP contribution in [0.1, 0.15) is 38.2 Å². The third kappa shape index (κ3) is 5.53. The molecule has 5 nitrogen and oxygen atoms in total. The smallest absolute Gasteiger partial charge is 0.227 e. The fourth-order valence-corrected chi connectivity index (χ4v) is 4.46. The molecule has 2 unspecified atom stereocenters. The van der Waals surface area contributed by atoms with Gasteiger partial charge in [-0.25, -0.2) is 0 Å². The molecular formula is C22H36N4O. The minimum atomic E-state index is -0.327. The van der Waals surface area contributed by atoms with Crippen molar-refractivity contribution in [3.63, 3.8) is 0 Å². The van der Waals surface area contributed by atoms with Gasteiger partial charge in [-0.1, -0.05) is 43.2 Å². The summed E-state index contributed by atoms with van der Waals surface area (Å²) in [5, 5.41) is 0. The number of nitrogens with two attached hydrogens (primary N) is 1. The van der Waals surface area contributed by atoms with Crippen molar-refractivity contribution in [2.45, 2.75) is 44.7 Å². The summed E-state index contributed by atoms with van der Waals surface area (Å²) in [6.45, 7) is 8.78. The molecule has 2 atom stereocenters. The molecule has 2 fully saturated rings. The average Bonchev–Trinajstić information content (AvgIpc) is 2.67. The van der Waals surface area contributed by atoms with Crippen molar-refractivity contribution in [3.05, 3.63) is 35.9 Å². The number of likely N-dealkylation sites (N-methyl/N-ethyl adjacent to an activating group) is 1. The molecule has 1 aliphatic heterocycles. The first-order chi connectivity index (χ1) is 13.0. The van der Waals surface area contributed by atoms with E-state index in [1.165, 1.54) is 5.56 Å². The maximum absolute atomic E-state index is 13.0. The van der Waals surface area contributed by atoms with Crippen LogP contribution < -0.4 is 5.73 Å². The molecule has 2 N–H and O–H groups in total. The molecule has 2 aliphatic rings. The van der Waals surface area contributed by atoms with Crippen LogP contribution >= 0.6 is 0 Å². The van der Waals surface area contributed by atoms with Gasteiger partial charge < -0.3 is 15.5 Å². The standard InChI is InChI=1S/C22H36N4O/c1-22(23)11-7-6-10-20(22)21(27)26-16-14-25(15-17-26)13-12-24(2)18-19-8-4-3-5-9-19/h3-5,8-9,20H,6-7,10-18,23H2,1-2H3. The lowest BCUT2D eigenvalue weighted by molar-refractivity contribution is -0.140. The highest BCUT2D eigenvalue weighted by Crippen LogP contribution is 2.33. The summed E-state index contributed by atoms with van der Waals surface area (Å²) in [6, 6.07) is 10.6. The van der Waals surface area contributed by atoms with E-state index in [4.69, 9.17) is 5.73 Å². The van der Waals surface area contributed by atoms with E-state index in [1.807, 2.05) is 0 Å². The molecule has 1 heterocycles. The Morgan fingerprint density at radius 2 is 1.89 bits per heavy atom. The Labute approximate surface area is 164 Å². The highest BCUT2D eigenvalue weighted by molar-refractivity contribution is 5.80. The van der Waals surface area contributed by atoms with Crippen LogP contribution in [-0.2, 0) is 11.3 Å². The quantitative estimate of drug-likeness (QED) is 0.832. The number of carbonyl (C=O) groups excluding carboxylic acids is 1. The Bertz CT molecular complexity index is 596. The van der Waals surface area contributed by atoms with Gasteiger partial charge in [0.1, 0.15) is 0 Å². The lowest BCUT2D eigenvalue weighted by atomic mass is 9.74. The van der Waals surface area contributed by atoms with Crippen molar-refractivity contribution < 1.29 is 4.79 Å². The summed E-state index contributed by atoms with van der Waals surface area (Å²) in [5.41, 5.74) is 7.47. The minimum absolute atomic E-state index is 0.00908. The topological polar surface area (TPSA) is 52.8 Å². The van der Waals surface area contributed by atoms with Crippen molar-refractivity contribution >= 4 is 5.91 Å². The molecule has 0 radical (unpaired) electrons. The normalized spacial score (nSPS) is 27.1. The molecule has 0 bridgehead atoms. The van der Waals surface area contributed by atoms with E-state index < -0.39 is 0 Å². The van der Waals surface area contributed by atoms with Crippen LogP contribution in [0.2, 0.25) is 0 Å². The number of benzene rings is 1. The number of hydrogen-bond donors (Lipinski definition) is 1. The molecule has 1 aliphatic carbocycles. The molecular weight excluding hydrogens is 336 g/mol. The Hall–Kier alpha value is -1.43. The van der Waals surface area contributed by atoms with Gasteiger partial charge in [-0.2, -0.15) is 0 Å². The summed E-state index contributed by atoms with van der Waals surface area (Å²) in [7, 11) is 2.18. The number of hydrogen-bond acceptors (Lipinski definition) is 4. The molecule has 150 valence electrons. The lowest BCUT2D eigenvalue weighted by Crippen LogP contribution is -2.57. The maximum Gasteiger partial charge on any atom is 0.227 e. The largest absolute Gasteiger partial charge is 0.340 e. The van der Waals surface area contributed by atoms with E-state index >= 15 is 0 Å². The van der Waals surface area contributed by atoms with Crippen LogP contribution in [-0.4, -0.2) is 72.5 Å². The van der Waals surface area contributed by atoms with Crippen molar-refractivity contribution in [1.29, 1.82) is 0 Å². The molecule has 1 aromatic rings. The molecule has 1 saturated heterocycles. The fourth-order valence-electron chi connectivity index (χ4n) is 4.46.